The average molecular weight is 218 g/mol. The minimum Gasteiger partial charge on any atom is -0.482 e. The first kappa shape index (κ1) is 9.66. The van der Waals surface area contributed by atoms with Gasteiger partial charge in [0.25, 0.3) is 0 Å². The SMILES string of the molecule is COc1cccc2nc(C3CCOC3)cn12. The molecule has 0 spiro atoms. The fraction of sp³-hybridized carbons (Fsp3) is 0.417. The Morgan fingerprint density at radius 1 is 1.50 bits per heavy atom. The molecule has 1 aliphatic rings. The van der Waals surface area contributed by atoms with Crippen molar-refractivity contribution in [2.24, 2.45) is 0 Å². The van der Waals surface area contributed by atoms with Crippen LogP contribution in [0.5, 0.6) is 5.88 Å². The van der Waals surface area contributed by atoms with Gasteiger partial charge < -0.3 is 9.47 Å². The lowest BCUT2D eigenvalue weighted by atomic mass is 10.1. The Balaban J connectivity index is 2.07. The van der Waals surface area contributed by atoms with Crippen LogP contribution >= 0.6 is 0 Å². The molecule has 3 heterocycles. The molecule has 1 fully saturated rings. The predicted octanol–water partition coefficient (Wildman–Crippen LogP) is 1.85. The summed E-state index contributed by atoms with van der Waals surface area (Å²) >= 11 is 0. The van der Waals surface area contributed by atoms with Crippen LogP contribution in [0.3, 0.4) is 0 Å². The van der Waals surface area contributed by atoms with Crippen molar-refractivity contribution in [3.63, 3.8) is 0 Å². The van der Waals surface area contributed by atoms with Crippen LogP contribution in [0.4, 0.5) is 0 Å². The molecule has 1 unspecified atom stereocenters. The van der Waals surface area contributed by atoms with Gasteiger partial charge in [0.2, 0.25) is 0 Å². The molecule has 0 aromatic carbocycles. The van der Waals surface area contributed by atoms with Crippen molar-refractivity contribution >= 4 is 5.65 Å². The van der Waals surface area contributed by atoms with Gasteiger partial charge in [-0.1, -0.05) is 6.07 Å². The largest absolute Gasteiger partial charge is 0.482 e. The van der Waals surface area contributed by atoms with Gasteiger partial charge in [-0.3, -0.25) is 4.40 Å². The minimum absolute atomic E-state index is 0.435. The number of nitrogens with zero attached hydrogens (tertiary/aromatic N) is 2. The number of imidazole rings is 1. The second-order valence-electron chi connectivity index (χ2n) is 4.02. The normalized spacial score (nSPS) is 20.4. The van der Waals surface area contributed by atoms with Crippen LogP contribution in [0.25, 0.3) is 5.65 Å². The third kappa shape index (κ3) is 1.46. The van der Waals surface area contributed by atoms with Crippen molar-refractivity contribution in [2.75, 3.05) is 20.3 Å². The standard InChI is InChI=1S/C12H14N2O2/c1-15-12-4-2-3-11-13-10(7-14(11)12)9-5-6-16-8-9/h2-4,7,9H,5-6,8H2,1H3. The fourth-order valence-corrected chi connectivity index (χ4v) is 2.14. The Labute approximate surface area is 93.8 Å². The summed E-state index contributed by atoms with van der Waals surface area (Å²) in [5.74, 6) is 1.25. The Bertz CT molecular complexity index is 501. The molecule has 2 aromatic heterocycles. The lowest BCUT2D eigenvalue weighted by Crippen LogP contribution is -1.97. The quantitative estimate of drug-likeness (QED) is 0.771. The van der Waals surface area contributed by atoms with Crippen LogP contribution in [0.1, 0.15) is 18.0 Å². The van der Waals surface area contributed by atoms with E-state index in [1.54, 1.807) is 7.11 Å². The highest BCUT2D eigenvalue weighted by Gasteiger charge is 2.20. The van der Waals surface area contributed by atoms with E-state index < -0.39 is 0 Å². The van der Waals surface area contributed by atoms with Crippen molar-refractivity contribution in [2.45, 2.75) is 12.3 Å². The smallest absolute Gasteiger partial charge is 0.198 e. The molecule has 0 amide bonds. The van der Waals surface area contributed by atoms with Gasteiger partial charge in [0.15, 0.2) is 5.88 Å². The molecule has 0 saturated carbocycles. The number of rotatable bonds is 2. The first-order chi connectivity index (χ1) is 7.88. The Morgan fingerprint density at radius 2 is 2.44 bits per heavy atom. The lowest BCUT2D eigenvalue weighted by molar-refractivity contribution is 0.193. The van der Waals surface area contributed by atoms with Crippen molar-refractivity contribution in [3.05, 3.63) is 30.1 Å². The summed E-state index contributed by atoms with van der Waals surface area (Å²) in [6.07, 6.45) is 3.11. The zero-order valence-electron chi connectivity index (χ0n) is 9.22. The van der Waals surface area contributed by atoms with Gasteiger partial charge in [-0.05, 0) is 18.6 Å². The molecule has 16 heavy (non-hydrogen) atoms. The van der Waals surface area contributed by atoms with Crippen LogP contribution in [0, 0.1) is 0 Å². The summed E-state index contributed by atoms with van der Waals surface area (Å²) in [7, 11) is 1.67. The van der Waals surface area contributed by atoms with Crippen LogP contribution in [0.2, 0.25) is 0 Å². The molecule has 84 valence electrons. The van der Waals surface area contributed by atoms with E-state index in [0.717, 1.165) is 36.9 Å². The van der Waals surface area contributed by atoms with Crippen LogP contribution in [0.15, 0.2) is 24.4 Å². The molecule has 1 aliphatic heterocycles. The molecule has 0 N–H and O–H groups in total. The number of ether oxygens (including phenoxy) is 2. The van der Waals surface area contributed by atoms with Gasteiger partial charge in [-0.15, -0.1) is 0 Å². The van der Waals surface area contributed by atoms with Crippen molar-refractivity contribution in [1.82, 2.24) is 9.38 Å². The zero-order valence-corrected chi connectivity index (χ0v) is 9.22. The fourth-order valence-electron chi connectivity index (χ4n) is 2.14. The second kappa shape index (κ2) is 3.79. The first-order valence-electron chi connectivity index (χ1n) is 5.48. The first-order valence-corrected chi connectivity index (χ1v) is 5.48. The summed E-state index contributed by atoms with van der Waals surface area (Å²) in [6, 6.07) is 5.88. The van der Waals surface area contributed by atoms with E-state index in [-0.39, 0.29) is 0 Å². The Kier molecular flexibility index (Phi) is 2.29. The van der Waals surface area contributed by atoms with Gasteiger partial charge in [0, 0.05) is 18.7 Å². The monoisotopic (exact) mass is 218 g/mol. The van der Waals surface area contributed by atoms with E-state index >= 15 is 0 Å². The van der Waals surface area contributed by atoms with E-state index in [2.05, 4.69) is 4.98 Å². The predicted molar refractivity (Wildman–Crippen MR) is 59.9 cm³/mol. The minimum atomic E-state index is 0.435. The van der Waals surface area contributed by atoms with Crippen LogP contribution in [-0.4, -0.2) is 29.7 Å². The van der Waals surface area contributed by atoms with Crippen LogP contribution < -0.4 is 4.74 Å². The molecular formula is C12H14N2O2. The zero-order chi connectivity index (χ0) is 11.0. The number of fused-ring (bicyclic) bond motifs is 1. The highest BCUT2D eigenvalue weighted by atomic mass is 16.5. The van der Waals surface area contributed by atoms with Crippen LogP contribution in [-0.2, 0) is 4.74 Å². The summed E-state index contributed by atoms with van der Waals surface area (Å²) in [5.41, 5.74) is 2.03. The van der Waals surface area contributed by atoms with E-state index in [1.807, 2.05) is 28.8 Å². The summed E-state index contributed by atoms with van der Waals surface area (Å²) in [4.78, 5) is 4.61. The average Bonchev–Trinajstić information content (AvgIpc) is 2.96. The molecule has 1 atom stereocenters. The van der Waals surface area contributed by atoms with E-state index in [4.69, 9.17) is 9.47 Å². The third-order valence-electron chi connectivity index (χ3n) is 3.03. The molecule has 1 saturated heterocycles. The van der Waals surface area contributed by atoms with Crippen molar-refractivity contribution < 1.29 is 9.47 Å². The maximum Gasteiger partial charge on any atom is 0.198 e. The highest BCUT2D eigenvalue weighted by molar-refractivity contribution is 5.44. The second-order valence-corrected chi connectivity index (χ2v) is 4.02. The number of aromatic nitrogens is 2. The van der Waals surface area contributed by atoms with Gasteiger partial charge in [-0.2, -0.15) is 0 Å². The molecule has 0 aliphatic carbocycles. The van der Waals surface area contributed by atoms with Gasteiger partial charge in [0.1, 0.15) is 5.65 Å². The molecule has 4 heteroatoms. The maximum absolute atomic E-state index is 5.38. The summed E-state index contributed by atoms with van der Waals surface area (Å²) in [6.45, 7) is 1.63. The van der Waals surface area contributed by atoms with E-state index in [0.29, 0.717) is 5.92 Å². The van der Waals surface area contributed by atoms with E-state index in [9.17, 15) is 0 Å². The number of hydrogen-bond acceptors (Lipinski definition) is 3. The number of pyridine rings is 1. The molecule has 4 nitrogen and oxygen atoms in total. The van der Waals surface area contributed by atoms with Gasteiger partial charge in [0.05, 0.1) is 19.4 Å². The van der Waals surface area contributed by atoms with Gasteiger partial charge in [-0.25, -0.2) is 4.98 Å². The van der Waals surface area contributed by atoms with Crippen molar-refractivity contribution in [3.8, 4) is 5.88 Å². The summed E-state index contributed by atoms with van der Waals surface area (Å²) < 4.78 is 12.7. The molecule has 0 radical (unpaired) electrons. The van der Waals surface area contributed by atoms with E-state index in [1.165, 1.54) is 0 Å². The van der Waals surface area contributed by atoms with Crippen molar-refractivity contribution in [1.29, 1.82) is 0 Å². The van der Waals surface area contributed by atoms with Gasteiger partial charge >= 0.3 is 0 Å². The molecular weight excluding hydrogens is 204 g/mol. The lowest BCUT2D eigenvalue weighted by Gasteiger charge is -2.02. The number of hydrogen-bond donors (Lipinski definition) is 0. The molecule has 3 rings (SSSR count). The topological polar surface area (TPSA) is 35.8 Å². The Morgan fingerprint density at radius 3 is 3.19 bits per heavy atom. The Hall–Kier alpha value is -1.55. The molecule has 2 aromatic rings. The molecule has 0 bridgehead atoms. The summed E-state index contributed by atoms with van der Waals surface area (Å²) in [5, 5.41) is 0. The maximum atomic E-state index is 5.38. The number of methoxy groups -OCH3 is 1. The highest BCUT2D eigenvalue weighted by Crippen LogP contribution is 2.26. The third-order valence-corrected chi connectivity index (χ3v) is 3.03.